The molecular formula is C6H11NO3. The Balaban J connectivity index is 2.50. The van der Waals surface area contributed by atoms with Crippen molar-refractivity contribution in [3.8, 4) is 0 Å². The Morgan fingerprint density at radius 1 is 1.80 bits per heavy atom. The summed E-state index contributed by atoms with van der Waals surface area (Å²) in [7, 11) is 1.54. The van der Waals surface area contributed by atoms with Gasteiger partial charge >= 0.3 is 5.97 Å². The molecule has 1 aliphatic rings. The average Bonchev–Trinajstić information content (AvgIpc) is 2.33. The van der Waals surface area contributed by atoms with Crippen LogP contribution >= 0.6 is 0 Å². The van der Waals surface area contributed by atoms with Crippen LogP contribution in [0.15, 0.2) is 0 Å². The summed E-state index contributed by atoms with van der Waals surface area (Å²) in [6.07, 6.45) is 0.630. The lowest BCUT2D eigenvalue weighted by Gasteiger charge is -2.12. The third kappa shape index (κ3) is 1.27. The van der Waals surface area contributed by atoms with Crippen molar-refractivity contribution < 1.29 is 14.6 Å². The molecule has 4 nitrogen and oxygen atoms in total. The summed E-state index contributed by atoms with van der Waals surface area (Å²) < 4.78 is 4.94. The molecule has 1 saturated heterocycles. The number of hydrogen-bond acceptors (Lipinski definition) is 3. The fraction of sp³-hybridized carbons (Fsp3) is 0.833. The van der Waals surface area contributed by atoms with Crippen molar-refractivity contribution in [3.63, 3.8) is 0 Å². The summed E-state index contributed by atoms with van der Waals surface area (Å²) in [6, 6.07) is -0.509. The second-order valence-electron chi connectivity index (χ2n) is 2.33. The van der Waals surface area contributed by atoms with Gasteiger partial charge in [-0.05, 0) is 13.0 Å². The highest BCUT2D eigenvalue weighted by atomic mass is 16.5. The first-order valence-electron chi connectivity index (χ1n) is 3.24. The zero-order chi connectivity index (χ0) is 7.56. The molecule has 1 fully saturated rings. The Labute approximate surface area is 59.2 Å². The lowest BCUT2D eigenvalue weighted by molar-refractivity contribution is -0.141. The van der Waals surface area contributed by atoms with Crippen LogP contribution in [-0.4, -0.2) is 36.9 Å². The van der Waals surface area contributed by atoms with E-state index in [1.54, 1.807) is 0 Å². The maximum absolute atomic E-state index is 10.4. The van der Waals surface area contributed by atoms with Crippen LogP contribution in [0.25, 0.3) is 0 Å². The van der Waals surface area contributed by atoms with Crippen molar-refractivity contribution in [1.82, 2.24) is 5.32 Å². The van der Waals surface area contributed by atoms with Crippen molar-refractivity contribution in [3.05, 3.63) is 0 Å². The van der Waals surface area contributed by atoms with Gasteiger partial charge in [0.2, 0.25) is 0 Å². The zero-order valence-corrected chi connectivity index (χ0v) is 5.83. The molecule has 1 rings (SSSR count). The molecule has 1 aliphatic heterocycles. The van der Waals surface area contributed by atoms with Gasteiger partial charge in [0.25, 0.3) is 0 Å². The average molecular weight is 145 g/mol. The molecule has 2 N–H and O–H groups in total. The van der Waals surface area contributed by atoms with Crippen LogP contribution < -0.4 is 5.32 Å². The monoisotopic (exact) mass is 145 g/mol. The van der Waals surface area contributed by atoms with Gasteiger partial charge in [-0.1, -0.05) is 0 Å². The van der Waals surface area contributed by atoms with Crippen molar-refractivity contribution in [2.75, 3.05) is 13.7 Å². The smallest absolute Gasteiger partial charge is 0.323 e. The summed E-state index contributed by atoms with van der Waals surface area (Å²) in [4.78, 5) is 10.4. The fourth-order valence-corrected chi connectivity index (χ4v) is 1.18. The van der Waals surface area contributed by atoms with Gasteiger partial charge < -0.3 is 15.2 Å². The molecule has 58 valence electrons. The normalized spacial score (nSPS) is 32.5. The van der Waals surface area contributed by atoms with E-state index in [4.69, 9.17) is 9.84 Å². The molecule has 0 aromatic rings. The van der Waals surface area contributed by atoms with Gasteiger partial charge in [-0.15, -0.1) is 0 Å². The zero-order valence-electron chi connectivity index (χ0n) is 5.83. The van der Waals surface area contributed by atoms with Crippen LogP contribution in [0, 0.1) is 0 Å². The Morgan fingerprint density at radius 2 is 2.50 bits per heavy atom. The summed E-state index contributed by atoms with van der Waals surface area (Å²) in [5, 5.41) is 11.4. The predicted octanol–water partition coefficient (Wildman–Crippen LogP) is -0.552. The van der Waals surface area contributed by atoms with Crippen LogP contribution in [0.5, 0.6) is 0 Å². The van der Waals surface area contributed by atoms with Gasteiger partial charge in [0, 0.05) is 7.11 Å². The molecule has 2 atom stereocenters. The number of nitrogens with one attached hydrogen (secondary N) is 1. The van der Waals surface area contributed by atoms with E-state index in [2.05, 4.69) is 5.32 Å². The second-order valence-corrected chi connectivity index (χ2v) is 2.33. The van der Waals surface area contributed by atoms with E-state index in [0.29, 0.717) is 0 Å². The van der Waals surface area contributed by atoms with Gasteiger partial charge in [0.1, 0.15) is 6.04 Å². The molecule has 0 spiro atoms. The van der Waals surface area contributed by atoms with Gasteiger partial charge in [-0.25, -0.2) is 0 Å². The third-order valence-corrected chi connectivity index (χ3v) is 1.73. The highest BCUT2D eigenvalue weighted by molar-refractivity contribution is 5.74. The van der Waals surface area contributed by atoms with E-state index >= 15 is 0 Å². The number of carbonyl (C=O) groups is 1. The minimum absolute atomic E-state index is 0.155. The highest BCUT2D eigenvalue weighted by Gasteiger charge is 2.32. The van der Waals surface area contributed by atoms with Gasteiger partial charge in [-0.2, -0.15) is 0 Å². The highest BCUT2D eigenvalue weighted by Crippen LogP contribution is 2.09. The van der Waals surface area contributed by atoms with Crippen LogP contribution in [0.4, 0.5) is 0 Å². The molecule has 4 heteroatoms. The lowest BCUT2D eigenvalue weighted by atomic mass is 10.2. The largest absolute Gasteiger partial charge is 0.480 e. The number of aliphatic carboxylic acids is 1. The lowest BCUT2D eigenvalue weighted by Crippen LogP contribution is -2.39. The number of hydrogen-bond donors (Lipinski definition) is 2. The summed E-state index contributed by atoms with van der Waals surface area (Å²) in [6.45, 7) is 0.732. The van der Waals surface area contributed by atoms with E-state index in [0.717, 1.165) is 13.0 Å². The number of ether oxygens (including phenoxy) is 1. The minimum Gasteiger partial charge on any atom is -0.480 e. The summed E-state index contributed by atoms with van der Waals surface area (Å²) in [5.74, 6) is -0.829. The predicted molar refractivity (Wildman–Crippen MR) is 34.8 cm³/mol. The number of methoxy groups -OCH3 is 1. The molecule has 2 unspecified atom stereocenters. The van der Waals surface area contributed by atoms with Crippen molar-refractivity contribution in [2.24, 2.45) is 0 Å². The molecule has 10 heavy (non-hydrogen) atoms. The van der Waals surface area contributed by atoms with Crippen LogP contribution in [-0.2, 0) is 9.53 Å². The Morgan fingerprint density at radius 3 is 2.90 bits per heavy atom. The first-order chi connectivity index (χ1) is 4.75. The van der Waals surface area contributed by atoms with E-state index in [9.17, 15) is 4.79 Å². The van der Waals surface area contributed by atoms with E-state index < -0.39 is 12.0 Å². The molecule has 0 saturated carbocycles. The molecule has 0 aromatic heterocycles. The molecule has 1 heterocycles. The maximum Gasteiger partial charge on any atom is 0.323 e. The standard InChI is InChI=1S/C6H11NO3/c1-10-4-2-3-7-5(4)6(8)9/h4-5,7H,2-3H2,1H3,(H,8,9). The first kappa shape index (κ1) is 7.50. The molecule has 0 amide bonds. The van der Waals surface area contributed by atoms with Crippen LogP contribution in [0.1, 0.15) is 6.42 Å². The molecule has 0 aliphatic carbocycles. The number of carboxylic acids is 1. The van der Waals surface area contributed by atoms with E-state index in [1.165, 1.54) is 7.11 Å². The SMILES string of the molecule is COC1CCNC1C(=O)O. The molecule has 0 radical (unpaired) electrons. The fourth-order valence-electron chi connectivity index (χ4n) is 1.18. The maximum atomic E-state index is 10.4. The molecule has 0 bridgehead atoms. The Hall–Kier alpha value is -0.610. The van der Waals surface area contributed by atoms with Gasteiger partial charge in [-0.3, -0.25) is 4.79 Å². The Kier molecular flexibility index (Phi) is 2.24. The minimum atomic E-state index is -0.829. The molecular weight excluding hydrogens is 134 g/mol. The quantitative estimate of drug-likeness (QED) is 0.547. The van der Waals surface area contributed by atoms with Crippen LogP contribution in [0.2, 0.25) is 0 Å². The van der Waals surface area contributed by atoms with E-state index in [-0.39, 0.29) is 6.10 Å². The number of rotatable bonds is 2. The van der Waals surface area contributed by atoms with Crippen molar-refractivity contribution in [2.45, 2.75) is 18.6 Å². The molecule has 0 aromatic carbocycles. The Bertz CT molecular complexity index is 137. The number of carboxylic acid groups (broad SMARTS) is 1. The van der Waals surface area contributed by atoms with Crippen LogP contribution in [0.3, 0.4) is 0 Å². The third-order valence-electron chi connectivity index (χ3n) is 1.73. The van der Waals surface area contributed by atoms with Gasteiger partial charge in [0.05, 0.1) is 6.10 Å². The first-order valence-corrected chi connectivity index (χ1v) is 3.24. The van der Waals surface area contributed by atoms with E-state index in [1.807, 2.05) is 0 Å². The summed E-state index contributed by atoms with van der Waals surface area (Å²) >= 11 is 0. The summed E-state index contributed by atoms with van der Waals surface area (Å²) in [5.41, 5.74) is 0. The second kappa shape index (κ2) is 2.98. The van der Waals surface area contributed by atoms with Gasteiger partial charge in [0.15, 0.2) is 0 Å². The van der Waals surface area contributed by atoms with Crippen molar-refractivity contribution in [1.29, 1.82) is 0 Å². The topological polar surface area (TPSA) is 58.6 Å². The van der Waals surface area contributed by atoms with Crippen molar-refractivity contribution >= 4 is 5.97 Å².